The molecule has 236 valence electrons. The number of rotatable bonds is 10. The molecular weight excluding hydrogens is 604 g/mol. The molecule has 1 saturated heterocycles. The molecular formula is C27H37Cl2F3N4O6. The largest absolute Gasteiger partial charge is 0.434 e. The molecule has 10 nitrogen and oxygen atoms in total. The number of ketones is 1. The third kappa shape index (κ3) is 6.61. The Labute approximate surface area is 251 Å². The summed E-state index contributed by atoms with van der Waals surface area (Å²) in [5, 5.41) is 4.94. The number of likely N-dealkylation sites (tertiary alicyclic amines) is 1. The van der Waals surface area contributed by atoms with Crippen molar-refractivity contribution in [3.05, 3.63) is 0 Å². The third-order valence-electron chi connectivity index (χ3n) is 9.24. The van der Waals surface area contributed by atoms with Crippen LogP contribution in [0.5, 0.6) is 0 Å². The van der Waals surface area contributed by atoms with Gasteiger partial charge in [0, 0.05) is 18.4 Å². The van der Waals surface area contributed by atoms with Gasteiger partial charge in [0.15, 0.2) is 0 Å². The van der Waals surface area contributed by atoms with Crippen LogP contribution in [0.3, 0.4) is 0 Å². The Hall–Kier alpha value is -2.28. The molecule has 4 aliphatic rings. The SMILES string of the molecule is CC(C)(OC(=O)N[C@H](C(=O)N1C[C@H]2[C@@H]([C@H]1C(=O)NC(CC1CCC1)C(=O)C(N)=O)C2(Cl)Cl)C1CCCCC1)C(F)(F)F. The molecule has 3 aliphatic carbocycles. The third-order valence-corrected chi connectivity index (χ3v) is 10.3. The van der Waals surface area contributed by atoms with E-state index in [4.69, 9.17) is 28.9 Å². The van der Waals surface area contributed by atoms with E-state index >= 15 is 0 Å². The number of nitrogens with zero attached hydrogens (tertiary/aromatic N) is 1. The molecule has 3 saturated carbocycles. The van der Waals surface area contributed by atoms with Crippen molar-refractivity contribution in [2.45, 2.75) is 106 Å². The highest BCUT2D eigenvalue weighted by Gasteiger charge is 2.74. The van der Waals surface area contributed by atoms with E-state index in [-0.39, 0.29) is 18.9 Å². The predicted octanol–water partition coefficient (Wildman–Crippen LogP) is 3.36. The minimum atomic E-state index is -4.85. The zero-order valence-corrected chi connectivity index (χ0v) is 25.0. The molecule has 1 unspecified atom stereocenters. The number of ether oxygens (including phenoxy) is 1. The molecule has 4 amide bonds. The number of alkyl carbamates (subject to hydrolysis) is 1. The first-order chi connectivity index (χ1) is 19.5. The second kappa shape index (κ2) is 12.0. The number of halogens is 5. The second-order valence-corrected chi connectivity index (χ2v) is 13.9. The van der Waals surface area contributed by atoms with Crippen molar-refractivity contribution in [3.8, 4) is 0 Å². The Balaban J connectivity index is 1.56. The molecule has 4 fully saturated rings. The van der Waals surface area contributed by atoms with Crippen LogP contribution in [0.4, 0.5) is 18.0 Å². The van der Waals surface area contributed by atoms with Gasteiger partial charge < -0.3 is 26.0 Å². The van der Waals surface area contributed by atoms with Gasteiger partial charge in [0.1, 0.15) is 16.4 Å². The van der Waals surface area contributed by atoms with Crippen LogP contribution in [0.1, 0.15) is 71.6 Å². The zero-order valence-electron chi connectivity index (χ0n) is 23.5. The van der Waals surface area contributed by atoms with Crippen LogP contribution in [0.25, 0.3) is 0 Å². The lowest BCUT2D eigenvalue weighted by molar-refractivity contribution is -0.244. The fraction of sp³-hybridized carbons (Fsp3) is 0.815. The maximum atomic E-state index is 14.0. The summed E-state index contributed by atoms with van der Waals surface area (Å²) in [6.45, 7) is 1.36. The lowest BCUT2D eigenvalue weighted by atomic mass is 9.80. The molecule has 0 spiro atoms. The zero-order chi connectivity index (χ0) is 31.2. The Bertz CT molecular complexity index is 1110. The number of primary amides is 1. The number of piperidine rings is 1. The van der Waals surface area contributed by atoms with E-state index in [0.717, 1.165) is 38.5 Å². The summed E-state index contributed by atoms with van der Waals surface area (Å²) in [4.78, 5) is 65.9. The van der Waals surface area contributed by atoms with Gasteiger partial charge in [-0.1, -0.05) is 38.5 Å². The minimum absolute atomic E-state index is 0.0420. The van der Waals surface area contributed by atoms with E-state index in [1.165, 1.54) is 4.90 Å². The summed E-state index contributed by atoms with van der Waals surface area (Å²) in [6, 6.07) is -3.70. The average Bonchev–Trinajstić information content (AvgIpc) is 3.20. The number of amides is 4. The molecule has 4 N–H and O–H groups in total. The maximum absolute atomic E-state index is 14.0. The maximum Gasteiger partial charge on any atom is 0.427 e. The molecule has 5 atom stereocenters. The van der Waals surface area contributed by atoms with Crippen molar-refractivity contribution >= 4 is 52.8 Å². The molecule has 1 aliphatic heterocycles. The van der Waals surface area contributed by atoms with Crippen LogP contribution in [0.15, 0.2) is 0 Å². The van der Waals surface area contributed by atoms with E-state index in [9.17, 15) is 37.1 Å². The quantitative estimate of drug-likeness (QED) is 0.246. The topological polar surface area (TPSA) is 148 Å². The van der Waals surface area contributed by atoms with E-state index in [1.54, 1.807) is 0 Å². The van der Waals surface area contributed by atoms with Crippen molar-refractivity contribution in [1.82, 2.24) is 15.5 Å². The Morgan fingerprint density at radius 2 is 1.62 bits per heavy atom. The van der Waals surface area contributed by atoms with Gasteiger partial charge in [0.25, 0.3) is 5.91 Å². The summed E-state index contributed by atoms with van der Waals surface area (Å²) in [5.41, 5.74) is 2.41. The minimum Gasteiger partial charge on any atom is -0.434 e. The smallest absolute Gasteiger partial charge is 0.427 e. The van der Waals surface area contributed by atoms with Gasteiger partial charge >= 0.3 is 12.3 Å². The Morgan fingerprint density at radius 1 is 1.00 bits per heavy atom. The average molecular weight is 642 g/mol. The molecule has 0 aromatic rings. The van der Waals surface area contributed by atoms with Crippen LogP contribution in [-0.2, 0) is 23.9 Å². The van der Waals surface area contributed by atoms with Gasteiger partial charge in [0.05, 0.1) is 6.04 Å². The molecule has 15 heteroatoms. The number of alkyl halides is 5. The first kappa shape index (κ1) is 32.6. The van der Waals surface area contributed by atoms with Crippen LogP contribution in [-0.4, -0.2) is 75.3 Å². The lowest BCUT2D eigenvalue weighted by Gasteiger charge is -2.37. The monoisotopic (exact) mass is 640 g/mol. The second-order valence-electron chi connectivity index (χ2n) is 12.5. The number of nitrogens with one attached hydrogen (secondary N) is 2. The molecule has 0 bridgehead atoms. The number of carbonyl (C=O) groups excluding carboxylic acids is 5. The molecule has 0 aromatic carbocycles. The van der Waals surface area contributed by atoms with Crippen LogP contribution in [0, 0.1) is 23.7 Å². The number of nitrogens with two attached hydrogens (primary N) is 1. The summed E-state index contributed by atoms with van der Waals surface area (Å²) >= 11 is 12.8. The van der Waals surface area contributed by atoms with E-state index < -0.39 is 81.6 Å². The first-order valence-electron chi connectivity index (χ1n) is 14.3. The van der Waals surface area contributed by atoms with E-state index in [2.05, 4.69) is 15.4 Å². The summed E-state index contributed by atoms with van der Waals surface area (Å²) < 4.78 is 43.5. The van der Waals surface area contributed by atoms with E-state index in [1.807, 2.05) is 0 Å². The predicted molar refractivity (Wildman–Crippen MR) is 145 cm³/mol. The van der Waals surface area contributed by atoms with E-state index in [0.29, 0.717) is 26.7 Å². The van der Waals surface area contributed by atoms with Gasteiger partial charge in [-0.15, -0.1) is 23.2 Å². The fourth-order valence-electron chi connectivity index (χ4n) is 6.33. The Kier molecular flexibility index (Phi) is 9.33. The van der Waals surface area contributed by atoms with Crippen LogP contribution in [0.2, 0.25) is 0 Å². The summed E-state index contributed by atoms with van der Waals surface area (Å²) in [7, 11) is 0. The van der Waals surface area contributed by atoms with Gasteiger partial charge in [-0.3, -0.25) is 19.2 Å². The standard InChI is InChI=1S/C27H37Cl2F3N4O6/c1-25(2,27(30,31)32)42-24(41)35-18(14-9-4-3-5-10-14)23(40)36-12-15-17(26(15,28)29)19(36)22(39)34-16(20(37)21(33)38)11-13-7-6-8-13/h13-19H,3-12H2,1-2H3,(H2,33,38)(H,34,39)(H,35,41)/t15-,16?,17-,18-,19-/m0/s1. The van der Waals surface area contributed by atoms with Crippen molar-refractivity contribution < 1.29 is 41.9 Å². The van der Waals surface area contributed by atoms with Crippen molar-refractivity contribution in [2.24, 2.45) is 29.4 Å². The number of hydrogen-bond donors (Lipinski definition) is 3. The van der Waals surface area contributed by atoms with Gasteiger partial charge in [0.2, 0.25) is 23.2 Å². The van der Waals surface area contributed by atoms with Crippen molar-refractivity contribution in [2.75, 3.05) is 6.54 Å². The fourth-order valence-corrected chi connectivity index (χ4v) is 7.16. The number of hydrogen-bond acceptors (Lipinski definition) is 6. The van der Waals surface area contributed by atoms with Crippen LogP contribution >= 0.6 is 23.2 Å². The molecule has 1 heterocycles. The highest BCUT2D eigenvalue weighted by molar-refractivity contribution is 6.51. The van der Waals surface area contributed by atoms with Gasteiger partial charge in [-0.05, 0) is 44.9 Å². The number of Topliss-reactive ketones (excluding diaryl/α,β-unsaturated/α-hetero) is 1. The highest BCUT2D eigenvalue weighted by Crippen LogP contribution is 2.65. The van der Waals surface area contributed by atoms with Gasteiger partial charge in [-0.2, -0.15) is 13.2 Å². The highest BCUT2D eigenvalue weighted by atomic mass is 35.5. The first-order valence-corrected chi connectivity index (χ1v) is 15.1. The lowest BCUT2D eigenvalue weighted by Crippen LogP contribution is -2.60. The normalized spacial score (nSPS) is 27.2. The van der Waals surface area contributed by atoms with Crippen molar-refractivity contribution in [3.63, 3.8) is 0 Å². The number of fused-ring (bicyclic) bond motifs is 1. The molecule has 4 rings (SSSR count). The molecule has 42 heavy (non-hydrogen) atoms. The Morgan fingerprint density at radius 3 is 2.14 bits per heavy atom. The van der Waals surface area contributed by atoms with Gasteiger partial charge in [-0.25, -0.2) is 4.79 Å². The number of carbonyl (C=O) groups is 5. The van der Waals surface area contributed by atoms with Crippen molar-refractivity contribution in [1.29, 1.82) is 0 Å². The van der Waals surface area contributed by atoms with Crippen LogP contribution < -0.4 is 16.4 Å². The summed E-state index contributed by atoms with van der Waals surface area (Å²) in [5.74, 6) is -5.06. The summed E-state index contributed by atoms with van der Waals surface area (Å²) in [6.07, 6.45) is 0.0345. The molecule has 0 radical (unpaired) electrons. The molecule has 0 aromatic heterocycles.